The van der Waals surface area contributed by atoms with Crippen LogP contribution < -0.4 is 33.4 Å². The van der Waals surface area contributed by atoms with E-state index in [1.807, 2.05) is 80.4 Å². The number of aryl methyl sites for hydroxylation is 1. The predicted molar refractivity (Wildman–Crippen MR) is 81.9 cm³/mol. The highest BCUT2D eigenvalue weighted by Crippen LogP contribution is 2.17. The number of nitriles is 1. The fraction of sp³-hybridized carbons (Fsp3) is 0.176. The third-order valence-corrected chi connectivity index (χ3v) is 3.17. The summed E-state index contributed by atoms with van der Waals surface area (Å²) in [4.78, 5) is 2.05. The molecule has 0 spiro atoms. The molecule has 2 rings (SSSR count). The van der Waals surface area contributed by atoms with Crippen LogP contribution in [0.25, 0.3) is 11.6 Å². The van der Waals surface area contributed by atoms with Gasteiger partial charge in [0.1, 0.15) is 18.7 Å². The Kier molecular flexibility index (Phi) is 6.38. The molecule has 0 bridgehead atoms. The highest BCUT2D eigenvalue weighted by molar-refractivity contribution is 5.87. The van der Waals surface area contributed by atoms with Gasteiger partial charge in [-0.05, 0) is 29.8 Å². The zero-order chi connectivity index (χ0) is 14.5. The summed E-state index contributed by atoms with van der Waals surface area (Å²) in [6.45, 7) is 0. The molecule has 0 radical (unpaired) electrons. The second-order valence-electron chi connectivity index (χ2n) is 4.85. The van der Waals surface area contributed by atoms with Crippen molar-refractivity contribution in [2.45, 2.75) is 0 Å². The predicted octanol–water partition coefficient (Wildman–Crippen LogP) is -0.355. The van der Waals surface area contributed by atoms with Gasteiger partial charge in [0.2, 0.25) is 5.69 Å². The second-order valence-corrected chi connectivity index (χ2v) is 4.85. The van der Waals surface area contributed by atoms with Gasteiger partial charge < -0.3 is 28.9 Å². The van der Waals surface area contributed by atoms with Gasteiger partial charge in [-0.2, -0.15) is 5.26 Å². The average Bonchev–Trinajstić information content (AvgIpc) is 2.46. The maximum absolute atomic E-state index is 9.37. The molecule has 1 heterocycles. The highest BCUT2D eigenvalue weighted by Gasteiger charge is 2.11. The number of hydrogen-bond acceptors (Lipinski definition) is 2. The van der Waals surface area contributed by atoms with E-state index in [2.05, 4.69) is 11.0 Å². The first-order valence-corrected chi connectivity index (χ1v) is 6.46. The SMILES string of the molecule is CN(C)c1ccc(/C=C(\C#N)c2cccc[n+]2C)cc1.[I-]. The van der Waals surface area contributed by atoms with Crippen LogP contribution in [0.2, 0.25) is 0 Å². The lowest BCUT2D eigenvalue weighted by atomic mass is 10.1. The third-order valence-electron chi connectivity index (χ3n) is 3.17. The molecule has 0 aliphatic rings. The number of rotatable bonds is 3. The number of anilines is 1. The van der Waals surface area contributed by atoms with Crippen molar-refractivity contribution in [2.75, 3.05) is 19.0 Å². The number of benzene rings is 1. The summed E-state index contributed by atoms with van der Waals surface area (Å²) in [5, 5.41) is 9.37. The summed E-state index contributed by atoms with van der Waals surface area (Å²) in [5.41, 5.74) is 3.74. The maximum Gasteiger partial charge on any atom is 0.222 e. The van der Waals surface area contributed by atoms with E-state index < -0.39 is 0 Å². The van der Waals surface area contributed by atoms with Crippen LogP contribution in [0.3, 0.4) is 0 Å². The zero-order valence-corrected chi connectivity index (χ0v) is 14.6. The van der Waals surface area contributed by atoms with Crippen LogP contribution in [0.5, 0.6) is 0 Å². The van der Waals surface area contributed by atoms with E-state index in [0.717, 1.165) is 16.9 Å². The van der Waals surface area contributed by atoms with E-state index in [9.17, 15) is 5.26 Å². The van der Waals surface area contributed by atoms with Gasteiger partial charge >= 0.3 is 0 Å². The molecule has 0 unspecified atom stereocenters. The highest BCUT2D eigenvalue weighted by atomic mass is 127. The molecule has 1 aromatic carbocycles. The Bertz CT molecular complexity index is 667. The number of hydrogen-bond donors (Lipinski definition) is 0. The van der Waals surface area contributed by atoms with Crippen molar-refractivity contribution in [3.05, 3.63) is 59.9 Å². The van der Waals surface area contributed by atoms with Crippen LogP contribution in [0.1, 0.15) is 11.3 Å². The zero-order valence-electron chi connectivity index (χ0n) is 12.4. The van der Waals surface area contributed by atoms with Gasteiger partial charge in [-0.15, -0.1) is 0 Å². The van der Waals surface area contributed by atoms with Gasteiger partial charge in [-0.25, -0.2) is 4.57 Å². The topological polar surface area (TPSA) is 30.9 Å². The lowest BCUT2D eigenvalue weighted by molar-refractivity contribution is -0.673. The number of aromatic nitrogens is 1. The van der Waals surface area contributed by atoms with Crippen LogP contribution in [-0.4, -0.2) is 14.1 Å². The van der Waals surface area contributed by atoms with Crippen LogP contribution in [0, 0.1) is 11.3 Å². The lowest BCUT2D eigenvalue weighted by Gasteiger charge is -2.11. The van der Waals surface area contributed by atoms with Crippen LogP contribution in [-0.2, 0) is 7.05 Å². The van der Waals surface area contributed by atoms with Crippen LogP contribution >= 0.6 is 0 Å². The fourth-order valence-electron chi connectivity index (χ4n) is 2.00. The van der Waals surface area contributed by atoms with Crippen molar-refractivity contribution in [1.82, 2.24) is 0 Å². The molecule has 3 nitrogen and oxygen atoms in total. The molecule has 0 aliphatic heterocycles. The Morgan fingerprint density at radius 2 is 1.81 bits per heavy atom. The lowest BCUT2D eigenvalue weighted by Crippen LogP contribution is -3.00. The number of nitrogens with zero attached hydrogens (tertiary/aromatic N) is 3. The van der Waals surface area contributed by atoms with Gasteiger partial charge in [0.25, 0.3) is 0 Å². The Morgan fingerprint density at radius 3 is 2.33 bits per heavy atom. The van der Waals surface area contributed by atoms with E-state index in [4.69, 9.17) is 0 Å². The molecule has 108 valence electrons. The van der Waals surface area contributed by atoms with Crippen LogP contribution in [0.15, 0.2) is 48.7 Å². The molecular formula is C17H18IN3. The molecule has 1 aromatic heterocycles. The van der Waals surface area contributed by atoms with Crippen molar-refractivity contribution in [1.29, 1.82) is 5.26 Å². The third kappa shape index (κ3) is 4.30. The Balaban J connectivity index is 0.00000220. The summed E-state index contributed by atoms with van der Waals surface area (Å²) in [7, 11) is 5.96. The Morgan fingerprint density at radius 1 is 1.14 bits per heavy atom. The molecule has 0 saturated heterocycles. The number of pyridine rings is 1. The first-order chi connectivity index (χ1) is 9.61. The van der Waals surface area contributed by atoms with Gasteiger partial charge in [-0.1, -0.05) is 12.1 Å². The van der Waals surface area contributed by atoms with Crippen molar-refractivity contribution in [3.63, 3.8) is 0 Å². The minimum Gasteiger partial charge on any atom is -1.00 e. The first kappa shape index (κ1) is 17.2. The van der Waals surface area contributed by atoms with Gasteiger partial charge in [-0.3, -0.25) is 0 Å². The number of halogens is 1. The molecule has 0 atom stereocenters. The fourth-order valence-corrected chi connectivity index (χ4v) is 2.00. The molecule has 21 heavy (non-hydrogen) atoms. The minimum absolute atomic E-state index is 0. The summed E-state index contributed by atoms with van der Waals surface area (Å²) >= 11 is 0. The molecule has 2 aromatic rings. The first-order valence-electron chi connectivity index (χ1n) is 6.46. The normalized spacial score (nSPS) is 10.5. The summed E-state index contributed by atoms with van der Waals surface area (Å²) in [6.07, 6.45) is 3.85. The largest absolute Gasteiger partial charge is 1.00 e. The molecule has 0 saturated carbocycles. The molecular weight excluding hydrogens is 373 g/mol. The monoisotopic (exact) mass is 391 g/mol. The van der Waals surface area contributed by atoms with E-state index in [1.54, 1.807) is 0 Å². The second kappa shape index (κ2) is 7.79. The van der Waals surface area contributed by atoms with Crippen molar-refractivity contribution in [3.8, 4) is 6.07 Å². The van der Waals surface area contributed by atoms with Crippen LogP contribution in [0.4, 0.5) is 5.69 Å². The van der Waals surface area contributed by atoms with E-state index in [0.29, 0.717) is 5.57 Å². The molecule has 0 aliphatic carbocycles. The Hall–Kier alpha value is -1.87. The quantitative estimate of drug-likeness (QED) is 0.407. The van der Waals surface area contributed by atoms with E-state index >= 15 is 0 Å². The van der Waals surface area contributed by atoms with Crippen molar-refractivity contribution in [2.24, 2.45) is 7.05 Å². The molecule has 0 fully saturated rings. The molecule has 0 amide bonds. The van der Waals surface area contributed by atoms with E-state index in [-0.39, 0.29) is 24.0 Å². The summed E-state index contributed by atoms with van der Waals surface area (Å²) in [6, 6.07) is 16.3. The van der Waals surface area contributed by atoms with Crippen molar-refractivity contribution < 1.29 is 28.5 Å². The Labute approximate surface area is 143 Å². The van der Waals surface area contributed by atoms with Gasteiger partial charge in [0.05, 0.1) is 0 Å². The van der Waals surface area contributed by atoms with Gasteiger partial charge in [0.15, 0.2) is 6.20 Å². The smallest absolute Gasteiger partial charge is 0.222 e. The molecule has 0 N–H and O–H groups in total. The van der Waals surface area contributed by atoms with Gasteiger partial charge in [0, 0.05) is 31.9 Å². The van der Waals surface area contributed by atoms with E-state index in [1.165, 1.54) is 0 Å². The number of allylic oxidation sites excluding steroid dienone is 1. The maximum atomic E-state index is 9.37. The van der Waals surface area contributed by atoms with Crippen molar-refractivity contribution >= 4 is 17.3 Å². The molecule has 4 heteroatoms. The summed E-state index contributed by atoms with van der Waals surface area (Å²) in [5.74, 6) is 0. The standard InChI is InChI=1S/C17H18N3.HI/c1-19(2)16-9-7-14(8-10-16)12-15(13-18)17-6-4-5-11-20(17)3;/h4-12H,1-3H3;1H/q+1;/p-1. The minimum atomic E-state index is 0. The summed E-state index contributed by atoms with van der Waals surface area (Å²) < 4.78 is 1.95. The average molecular weight is 391 g/mol.